The average molecular weight is 515 g/mol. The predicted octanol–water partition coefficient (Wildman–Crippen LogP) is 4.02. The molecule has 2 rings (SSSR count). The number of ether oxygens (including phenoxy) is 1. The van der Waals surface area contributed by atoms with Crippen LogP contribution in [0.2, 0.25) is 0 Å². The van der Waals surface area contributed by atoms with E-state index in [0.29, 0.717) is 31.3 Å². The Balaban J connectivity index is 0.00000420. The number of aliphatic hydroxyl groups excluding tert-OH is 1. The summed E-state index contributed by atoms with van der Waals surface area (Å²) in [6, 6.07) is 13.9. The molecular formula is C22H31FIN3O2. The number of aliphatic imine (C=N–C) groups is 1. The van der Waals surface area contributed by atoms with Crippen molar-refractivity contribution in [1.29, 1.82) is 0 Å². The zero-order chi connectivity index (χ0) is 20.6. The summed E-state index contributed by atoms with van der Waals surface area (Å²) in [7, 11) is 1.60. The van der Waals surface area contributed by atoms with E-state index in [-0.39, 0.29) is 35.2 Å². The van der Waals surface area contributed by atoms with Gasteiger partial charge in [0.05, 0.1) is 19.8 Å². The van der Waals surface area contributed by atoms with Crippen molar-refractivity contribution < 1.29 is 14.2 Å². The first-order valence-corrected chi connectivity index (χ1v) is 9.46. The Morgan fingerprint density at radius 2 is 1.90 bits per heavy atom. The lowest BCUT2D eigenvalue weighted by molar-refractivity contribution is 0.180. The molecule has 0 radical (unpaired) electrons. The third-order valence-electron chi connectivity index (χ3n) is 4.52. The molecule has 29 heavy (non-hydrogen) atoms. The maximum atomic E-state index is 13.5. The van der Waals surface area contributed by atoms with E-state index in [9.17, 15) is 9.50 Å². The molecule has 0 spiro atoms. The first kappa shape index (κ1) is 25.2. The number of rotatable bonds is 8. The molecular weight excluding hydrogens is 484 g/mol. The van der Waals surface area contributed by atoms with Gasteiger partial charge in [-0.1, -0.05) is 38.1 Å². The van der Waals surface area contributed by atoms with Crippen molar-refractivity contribution in [1.82, 2.24) is 10.6 Å². The highest BCUT2D eigenvalue weighted by atomic mass is 127. The zero-order valence-corrected chi connectivity index (χ0v) is 19.7. The molecule has 0 aliphatic heterocycles. The van der Waals surface area contributed by atoms with Crippen LogP contribution in [0.5, 0.6) is 5.75 Å². The SMILES string of the molecule is CCNC(=NCC(C)(C)c1cccc(F)c1)NCC(O)c1cccc(OC)c1.I. The number of hydrogen-bond acceptors (Lipinski definition) is 3. The van der Waals surface area contributed by atoms with Gasteiger partial charge in [0, 0.05) is 18.5 Å². The molecule has 0 fully saturated rings. The van der Waals surface area contributed by atoms with Gasteiger partial charge in [0.2, 0.25) is 0 Å². The van der Waals surface area contributed by atoms with Crippen LogP contribution in [0.3, 0.4) is 0 Å². The van der Waals surface area contributed by atoms with E-state index >= 15 is 0 Å². The lowest BCUT2D eigenvalue weighted by Crippen LogP contribution is -2.40. The van der Waals surface area contributed by atoms with Gasteiger partial charge in [-0.15, -0.1) is 24.0 Å². The Morgan fingerprint density at radius 1 is 1.17 bits per heavy atom. The van der Waals surface area contributed by atoms with Gasteiger partial charge >= 0.3 is 0 Å². The molecule has 3 N–H and O–H groups in total. The fourth-order valence-electron chi connectivity index (χ4n) is 2.78. The van der Waals surface area contributed by atoms with Crippen molar-refractivity contribution >= 4 is 29.9 Å². The second-order valence-electron chi connectivity index (χ2n) is 7.26. The molecule has 0 saturated heterocycles. The second kappa shape index (κ2) is 12.0. The highest BCUT2D eigenvalue weighted by Crippen LogP contribution is 2.24. The molecule has 7 heteroatoms. The van der Waals surface area contributed by atoms with Crippen LogP contribution in [0.25, 0.3) is 0 Å². The van der Waals surface area contributed by atoms with Gasteiger partial charge in [-0.3, -0.25) is 4.99 Å². The van der Waals surface area contributed by atoms with E-state index < -0.39 is 6.10 Å². The van der Waals surface area contributed by atoms with E-state index in [1.807, 2.05) is 51.1 Å². The molecule has 2 aromatic rings. The molecule has 1 atom stereocenters. The van der Waals surface area contributed by atoms with E-state index in [1.54, 1.807) is 19.2 Å². The standard InChI is InChI=1S/C22H30FN3O2.HI/c1-5-24-21(25-14-20(27)16-8-6-11-19(12-16)28-4)26-15-22(2,3)17-9-7-10-18(23)13-17;/h6-13,20,27H,5,14-15H2,1-4H3,(H2,24,25,26);1H. The van der Waals surface area contributed by atoms with Gasteiger partial charge in [0.15, 0.2) is 5.96 Å². The molecule has 0 heterocycles. The van der Waals surface area contributed by atoms with Crippen LogP contribution in [0, 0.1) is 5.82 Å². The van der Waals surface area contributed by atoms with Crippen LogP contribution in [0.4, 0.5) is 4.39 Å². The van der Waals surface area contributed by atoms with Crippen molar-refractivity contribution in [3.63, 3.8) is 0 Å². The summed E-state index contributed by atoms with van der Waals surface area (Å²) in [6.07, 6.45) is -0.699. The zero-order valence-electron chi connectivity index (χ0n) is 17.4. The summed E-state index contributed by atoms with van der Waals surface area (Å²) in [5, 5.41) is 16.8. The number of hydrogen-bond donors (Lipinski definition) is 3. The minimum absolute atomic E-state index is 0. The highest BCUT2D eigenvalue weighted by Gasteiger charge is 2.21. The molecule has 0 aliphatic rings. The van der Waals surface area contributed by atoms with Crippen molar-refractivity contribution in [2.45, 2.75) is 32.3 Å². The number of guanidine groups is 1. The molecule has 160 valence electrons. The van der Waals surface area contributed by atoms with Crippen molar-refractivity contribution in [2.24, 2.45) is 4.99 Å². The van der Waals surface area contributed by atoms with Gasteiger partial charge in [-0.05, 0) is 42.3 Å². The minimum atomic E-state index is -0.699. The topological polar surface area (TPSA) is 65.9 Å². The molecule has 2 aromatic carbocycles. The number of aliphatic hydroxyl groups is 1. The Bertz CT molecular complexity index is 799. The normalized spacial score (nSPS) is 12.7. The second-order valence-corrected chi connectivity index (χ2v) is 7.26. The Morgan fingerprint density at radius 3 is 2.55 bits per heavy atom. The number of nitrogens with zero attached hydrogens (tertiary/aromatic N) is 1. The van der Waals surface area contributed by atoms with Crippen molar-refractivity contribution in [3.8, 4) is 5.75 Å². The molecule has 0 bridgehead atoms. The first-order chi connectivity index (χ1) is 13.4. The fraction of sp³-hybridized carbons (Fsp3) is 0.409. The molecule has 0 aliphatic carbocycles. The number of methoxy groups -OCH3 is 1. The summed E-state index contributed by atoms with van der Waals surface area (Å²) >= 11 is 0. The van der Waals surface area contributed by atoms with Crippen LogP contribution < -0.4 is 15.4 Å². The molecule has 1 unspecified atom stereocenters. The third-order valence-corrected chi connectivity index (χ3v) is 4.52. The number of nitrogens with one attached hydrogen (secondary N) is 2. The maximum absolute atomic E-state index is 13.5. The highest BCUT2D eigenvalue weighted by molar-refractivity contribution is 14.0. The largest absolute Gasteiger partial charge is 0.497 e. The van der Waals surface area contributed by atoms with Crippen LogP contribution in [-0.4, -0.2) is 37.8 Å². The summed E-state index contributed by atoms with van der Waals surface area (Å²) in [6.45, 7) is 7.51. The van der Waals surface area contributed by atoms with E-state index in [4.69, 9.17) is 4.74 Å². The average Bonchev–Trinajstić information content (AvgIpc) is 2.70. The van der Waals surface area contributed by atoms with E-state index in [0.717, 1.165) is 11.1 Å². The minimum Gasteiger partial charge on any atom is -0.497 e. The Labute approximate surface area is 189 Å². The summed E-state index contributed by atoms with van der Waals surface area (Å²) in [5.41, 5.74) is 1.34. The fourth-order valence-corrected chi connectivity index (χ4v) is 2.78. The van der Waals surface area contributed by atoms with Gasteiger partial charge < -0.3 is 20.5 Å². The Kier molecular flexibility index (Phi) is 10.4. The maximum Gasteiger partial charge on any atom is 0.191 e. The quantitative estimate of drug-likeness (QED) is 0.283. The van der Waals surface area contributed by atoms with Gasteiger partial charge in [0.1, 0.15) is 11.6 Å². The van der Waals surface area contributed by atoms with Gasteiger partial charge in [0.25, 0.3) is 0 Å². The summed E-state index contributed by atoms with van der Waals surface area (Å²) < 4.78 is 18.7. The Hall–Kier alpha value is -1.87. The van der Waals surface area contributed by atoms with E-state index in [2.05, 4.69) is 15.6 Å². The molecule has 0 aromatic heterocycles. The van der Waals surface area contributed by atoms with Gasteiger partial charge in [-0.25, -0.2) is 4.39 Å². The van der Waals surface area contributed by atoms with Crippen LogP contribution in [-0.2, 0) is 5.41 Å². The van der Waals surface area contributed by atoms with E-state index in [1.165, 1.54) is 6.07 Å². The first-order valence-electron chi connectivity index (χ1n) is 9.46. The van der Waals surface area contributed by atoms with Crippen LogP contribution in [0.15, 0.2) is 53.5 Å². The third kappa shape index (κ3) is 7.81. The van der Waals surface area contributed by atoms with Gasteiger partial charge in [-0.2, -0.15) is 0 Å². The summed E-state index contributed by atoms with van der Waals surface area (Å²) in [4.78, 5) is 4.63. The van der Waals surface area contributed by atoms with Crippen molar-refractivity contribution in [2.75, 3.05) is 26.7 Å². The lowest BCUT2D eigenvalue weighted by atomic mass is 9.85. The smallest absolute Gasteiger partial charge is 0.191 e. The van der Waals surface area contributed by atoms with Crippen LogP contribution in [0.1, 0.15) is 38.0 Å². The molecule has 0 saturated carbocycles. The predicted molar refractivity (Wildman–Crippen MR) is 127 cm³/mol. The van der Waals surface area contributed by atoms with Crippen molar-refractivity contribution in [3.05, 3.63) is 65.5 Å². The number of halogens is 2. The number of benzene rings is 2. The molecule has 5 nitrogen and oxygen atoms in total. The van der Waals surface area contributed by atoms with Crippen LogP contribution >= 0.6 is 24.0 Å². The summed E-state index contributed by atoms with van der Waals surface area (Å²) in [5.74, 6) is 1.06. The molecule has 0 amide bonds. The lowest BCUT2D eigenvalue weighted by Gasteiger charge is -2.24. The monoisotopic (exact) mass is 515 g/mol.